The molecule has 1 atom stereocenters. The van der Waals surface area contributed by atoms with Crippen molar-refractivity contribution in [3.05, 3.63) is 29.8 Å². The fourth-order valence-electron chi connectivity index (χ4n) is 4.07. The van der Waals surface area contributed by atoms with E-state index < -0.39 is 0 Å². The molecule has 160 valence electrons. The van der Waals surface area contributed by atoms with Crippen LogP contribution in [0.2, 0.25) is 0 Å². The molecule has 1 aromatic rings. The predicted molar refractivity (Wildman–Crippen MR) is 118 cm³/mol. The van der Waals surface area contributed by atoms with Crippen molar-refractivity contribution < 1.29 is 14.3 Å². The molecule has 0 aliphatic rings. The molecule has 3 nitrogen and oxygen atoms in total. The molecule has 0 spiro atoms. The SMILES string of the molecule is CCC(C)(CC(C)(C)COC(C)(C)C)CC(C)(C)Oc1ccc(C(C)=O)cc1. The van der Waals surface area contributed by atoms with E-state index in [-0.39, 0.29) is 27.8 Å². The van der Waals surface area contributed by atoms with Gasteiger partial charge in [-0.25, -0.2) is 0 Å². The van der Waals surface area contributed by atoms with Gasteiger partial charge in [-0.3, -0.25) is 4.79 Å². The fourth-order valence-corrected chi connectivity index (χ4v) is 4.07. The molecule has 0 saturated heterocycles. The molecule has 0 aliphatic carbocycles. The van der Waals surface area contributed by atoms with E-state index in [2.05, 4.69) is 62.3 Å². The second kappa shape index (κ2) is 8.98. The number of hydrogen-bond acceptors (Lipinski definition) is 3. The van der Waals surface area contributed by atoms with Gasteiger partial charge in [0.2, 0.25) is 0 Å². The highest BCUT2D eigenvalue weighted by atomic mass is 16.5. The molecule has 0 saturated carbocycles. The standard InChI is InChI=1S/C25H42O3/c1-11-25(10,16-23(6,7)18-27-22(3,4)5)17-24(8,9)28-21-14-12-20(13-15-21)19(2)26/h12-15H,11,16-18H2,1-10H3. The van der Waals surface area contributed by atoms with Crippen molar-refractivity contribution in [2.75, 3.05) is 6.61 Å². The zero-order valence-corrected chi connectivity index (χ0v) is 19.9. The highest BCUT2D eigenvalue weighted by Crippen LogP contribution is 2.43. The van der Waals surface area contributed by atoms with Crippen LogP contribution in [0.4, 0.5) is 0 Å². The van der Waals surface area contributed by atoms with Gasteiger partial charge in [-0.05, 0) is 89.5 Å². The quantitative estimate of drug-likeness (QED) is 0.400. The number of ether oxygens (including phenoxy) is 2. The maximum Gasteiger partial charge on any atom is 0.159 e. The van der Waals surface area contributed by atoms with Gasteiger partial charge in [0, 0.05) is 5.56 Å². The first-order valence-electron chi connectivity index (χ1n) is 10.5. The van der Waals surface area contributed by atoms with Crippen LogP contribution in [0.1, 0.15) is 98.9 Å². The molecule has 0 fully saturated rings. The molecular formula is C25H42O3. The Morgan fingerprint density at radius 2 is 1.43 bits per heavy atom. The number of ketones is 1. The minimum Gasteiger partial charge on any atom is -0.488 e. The molecule has 1 aromatic carbocycles. The lowest BCUT2D eigenvalue weighted by Crippen LogP contribution is -2.39. The van der Waals surface area contributed by atoms with Crippen LogP contribution >= 0.6 is 0 Å². The summed E-state index contributed by atoms with van der Waals surface area (Å²) in [6.45, 7) is 22.2. The Morgan fingerprint density at radius 1 is 0.893 bits per heavy atom. The van der Waals surface area contributed by atoms with Gasteiger partial charge in [0.15, 0.2) is 5.78 Å². The Bertz CT molecular complexity index is 635. The second-order valence-corrected chi connectivity index (χ2v) is 11.0. The Labute approximate surface area is 173 Å². The number of carbonyl (C=O) groups is 1. The van der Waals surface area contributed by atoms with Gasteiger partial charge in [0.05, 0.1) is 12.2 Å². The van der Waals surface area contributed by atoms with Gasteiger partial charge < -0.3 is 9.47 Å². The third-order valence-electron chi connectivity index (χ3n) is 5.16. The van der Waals surface area contributed by atoms with Crippen LogP contribution in [-0.4, -0.2) is 23.6 Å². The zero-order chi connectivity index (χ0) is 21.8. The number of benzene rings is 1. The van der Waals surface area contributed by atoms with Gasteiger partial charge in [-0.15, -0.1) is 0 Å². The lowest BCUT2D eigenvalue weighted by molar-refractivity contribution is -0.0609. The molecule has 0 heterocycles. The highest BCUT2D eigenvalue weighted by molar-refractivity contribution is 5.94. The van der Waals surface area contributed by atoms with E-state index in [4.69, 9.17) is 9.47 Å². The number of rotatable bonds is 10. The van der Waals surface area contributed by atoms with Crippen molar-refractivity contribution in [2.24, 2.45) is 10.8 Å². The second-order valence-electron chi connectivity index (χ2n) is 11.0. The minimum atomic E-state index is -0.302. The largest absolute Gasteiger partial charge is 0.488 e. The molecule has 0 aliphatic heterocycles. The van der Waals surface area contributed by atoms with Crippen molar-refractivity contribution in [2.45, 2.75) is 99.7 Å². The van der Waals surface area contributed by atoms with E-state index >= 15 is 0 Å². The number of carbonyl (C=O) groups excluding carboxylic acids is 1. The maximum absolute atomic E-state index is 11.5. The van der Waals surface area contributed by atoms with Crippen molar-refractivity contribution in [1.29, 1.82) is 0 Å². The van der Waals surface area contributed by atoms with E-state index in [0.29, 0.717) is 5.56 Å². The summed E-state index contributed by atoms with van der Waals surface area (Å²) in [4.78, 5) is 11.5. The Kier molecular flexibility index (Phi) is 7.92. The minimum absolute atomic E-state index is 0.0732. The molecule has 0 amide bonds. The van der Waals surface area contributed by atoms with E-state index in [0.717, 1.165) is 31.6 Å². The average molecular weight is 391 g/mol. The third kappa shape index (κ3) is 8.77. The summed E-state index contributed by atoms with van der Waals surface area (Å²) in [7, 11) is 0. The Morgan fingerprint density at radius 3 is 1.86 bits per heavy atom. The molecule has 1 unspecified atom stereocenters. The number of hydrogen-bond donors (Lipinski definition) is 0. The highest BCUT2D eigenvalue weighted by Gasteiger charge is 2.37. The lowest BCUT2D eigenvalue weighted by atomic mass is 9.68. The molecule has 1 rings (SSSR count). The van der Waals surface area contributed by atoms with E-state index in [1.54, 1.807) is 6.92 Å². The van der Waals surface area contributed by atoms with E-state index in [1.165, 1.54) is 0 Å². The van der Waals surface area contributed by atoms with Crippen LogP contribution in [0.5, 0.6) is 5.75 Å². The van der Waals surface area contributed by atoms with Crippen LogP contribution in [0.15, 0.2) is 24.3 Å². The number of Topliss-reactive ketones (excluding diaryl/α,β-unsaturated/α-hetero) is 1. The topological polar surface area (TPSA) is 35.5 Å². The van der Waals surface area contributed by atoms with Gasteiger partial charge in [0.25, 0.3) is 0 Å². The summed E-state index contributed by atoms with van der Waals surface area (Å²) in [5.74, 6) is 0.882. The molecule has 0 aromatic heterocycles. The lowest BCUT2D eigenvalue weighted by Gasteiger charge is -2.42. The first-order chi connectivity index (χ1) is 12.6. The summed E-state index contributed by atoms with van der Waals surface area (Å²) in [5.41, 5.74) is 0.534. The molecule has 3 heteroatoms. The summed E-state index contributed by atoms with van der Waals surface area (Å²) in [6.07, 6.45) is 3.11. The summed E-state index contributed by atoms with van der Waals surface area (Å²) < 4.78 is 12.4. The monoisotopic (exact) mass is 390 g/mol. The van der Waals surface area contributed by atoms with Crippen molar-refractivity contribution >= 4 is 5.78 Å². The van der Waals surface area contributed by atoms with E-state index in [1.807, 2.05) is 24.3 Å². The van der Waals surface area contributed by atoms with Gasteiger partial charge >= 0.3 is 0 Å². The van der Waals surface area contributed by atoms with E-state index in [9.17, 15) is 4.79 Å². The summed E-state index contributed by atoms with van der Waals surface area (Å²) >= 11 is 0. The summed E-state index contributed by atoms with van der Waals surface area (Å²) in [5, 5.41) is 0. The van der Waals surface area contributed by atoms with Gasteiger partial charge in [-0.2, -0.15) is 0 Å². The summed E-state index contributed by atoms with van der Waals surface area (Å²) in [6, 6.07) is 7.45. The zero-order valence-electron chi connectivity index (χ0n) is 19.9. The normalized spacial score (nSPS) is 15.2. The van der Waals surface area contributed by atoms with Crippen molar-refractivity contribution in [1.82, 2.24) is 0 Å². The fraction of sp³-hybridized carbons (Fsp3) is 0.720. The van der Waals surface area contributed by atoms with Gasteiger partial charge in [0.1, 0.15) is 11.4 Å². The van der Waals surface area contributed by atoms with Crippen LogP contribution in [0, 0.1) is 10.8 Å². The maximum atomic E-state index is 11.5. The van der Waals surface area contributed by atoms with Crippen molar-refractivity contribution in [3.8, 4) is 5.75 Å². The first kappa shape index (κ1) is 24.7. The van der Waals surface area contributed by atoms with Crippen LogP contribution < -0.4 is 4.74 Å². The first-order valence-corrected chi connectivity index (χ1v) is 10.5. The molecule has 28 heavy (non-hydrogen) atoms. The molecular weight excluding hydrogens is 348 g/mol. The molecule has 0 radical (unpaired) electrons. The molecule has 0 N–H and O–H groups in total. The van der Waals surface area contributed by atoms with Crippen LogP contribution in [0.25, 0.3) is 0 Å². The Balaban J connectivity index is 2.82. The predicted octanol–water partition coefficient (Wildman–Crippen LogP) is 7.08. The Hall–Kier alpha value is -1.35. The molecule has 0 bridgehead atoms. The van der Waals surface area contributed by atoms with Crippen LogP contribution in [-0.2, 0) is 4.74 Å². The third-order valence-corrected chi connectivity index (χ3v) is 5.16. The van der Waals surface area contributed by atoms with Crippen molar-refractivity contribution in [3.63, 3.8) is 0 Å². The smallest absolute Gasteiger partial charge is 0.159 e. The van der Waals surface area contributed by atoms with Gasteiger partial charge in [-0.1, -0.05) is 34.1 Å². The average Bonchev–Trinajstić information content (AvgIpc) is 2.51. The van der Waals surface area contributed by atoms with Crippen LogP contribution in [0.3, 0.4) is 0 Å².